The van der Waals surface area contributed by atoms with Gasteiger partial charge in [-0.15, -0.1) is 0 Å². The van der Waals surface area contributed by atoms with Crippen LogP contribution in [0.1, 0.15) is 51.7 Å². The van der Waals surface area contributed by atoms with Crippen molar-refractivity contribution < 1.29 is 18.6 Å². The smallest absolute Gasteiger partial charge is 0.350 e. The zero-order valence-electron chi connectivity index (χ0n) is 33.2. The van der Waals surface area contributed by atoms with Crippen molar-refractivity contribution in [2.24, 2.45) is 0 Å². The van der Waals surface area contributed by atoms with Crippen LogP contribution in [-0.2, 0) is 19.4 Å². The van der Waals surface area contributed by atoms with Crippen LogP contribution >= 0.6 is 18.1 Å². The van der Waals surface area contributed by atoms with Gasteiger partial charge in [-0.3, -0.25) is 28.6 Å². The number of nitrogens with one attached hydrogen (secondary N) is 2. The number of carbonyl (C=O) groups excluding carboxylic acids is 1. The molecule has 0 spiro atoms. The summed E-state index contributed by atoms with van der Waals surface area (Å²) in [6.45, 7) is -1.12. The molecule has 2 saturated heterocycles. The van der Waals surface area contributed by atoms with E-state index in [4.69, 9.17) is 20.5 Å². The number of morpholine rings is 1. The second-order valence-electron chi connectivity index (χ2n) is 15.3. The summed E-state index contributed by atoms with van der Waals surface area (Å²) in [7, 11) is 0. The first-order chi connectivity index (χ1) is 29.1. The molecule has 2 N–H and O–H groups in total. The van der Waals surface area contributed by atoms with Gasteiger partial charge in [0.25, 0.3) is 11.5 Å². The molecule has 0 bridgehead atoms. The maximum atomic E-state index is 14.2. The van der Waals surface area contributed by atoms with E-state index >= 15 is 0 Å². The largest absolute Gasteiger partial charge is 0.363 e. The Balaban J connectivity index is 1.03. The number of rotatable bonds is 12. The minimum atomic E-state index is -3.87. The van der Waals surface area contributed by atoms with E-state index in [0.717, 1.165) is 27.8 Å². The Hall–Kier alpha value is -5.39. The Bertz CT molecular complexity index is 2470. The number of nitrogens with zero attached hydrogens (tertiary/aromatic N) is 3. The van der Waals surface area contributed by atoms with Crippen LogP contribution in [0.15, 0.2) is 161 Å². The number of aromatic nitrogens is 2. The molecule has 6 aromatic rings. The molecular formula is C47H47ClN5O6P. The van der Waals surface area contributed by atoms with Crippen molar-refractivity contribution >= 4 is 24.0 Å². The third kappa shape index (κ3) is 8.74. The monoisotopic (exact) mass is 843 g/mol. The van der Waals surface area contributed by atoms with Crippen LogP contribution in [0.5, 0.6) is 0 Å². The van der Waals surface area contributed by atoms with Crippen LogP contribution in [0.2, 0.25) is 0 Å². The standard InChI is InChI=1S/C47H47ClN5O6P/c1-34-30-53(46(56)50-44(34)54)43-32-51(47(38-19-8-3-9-20-38,39-21-10-4-11-22-39)40-23-12-5-13-24-40)31-42(59-43)33-58-60(48,57)52-27-25-41(26-28-52)49-45(55)37-18-14-17-36(29-37)35-15-6-2-7-16-35/h2-24,29-30,41-43H,25-28,31-33H2,1H3,(H,49,55)(H,50,54,56). The summed E-state index contributed by atoms with van der Waals surface area (Å²) in [6.07, 6.45) is 0.990. The number of hydrogen-bond donors (Lipinski definition) is 2. The molecule has 2 aliphatic heterocycles. The highest BCUT2D eigenvalue weighted by molar-refractivity contribution is 7.83. The molecule has 1 aromatic heterocycles. The Labute approximate surface area is 353 Å². The number of carbonyl (C=O) groups is 1. The highest BCUT2D eigenvalue weighted by Gasteiger charge is 2.47. The van der Waals surface area contributed by atoms with Crippen molar-refractivity contribution in [1.29, 1.82) is 0 Å². The molecule has 2 aliphatic rings. The van der Waals surface area contributed by atoms with Gasteiger partial charge in [-0.25, -0.2) is 9.46 Å². The van der Waals surface area contributed by atoms with Crippen molar-refractivity contribution in [3.05, 3.63) is 200 Å². The normalized spacial score (nSPS) is 19.0. The van der Waals surface area contributed by atoms with Crippen LogP contribution in [0.25, 0.3) is 11.1 Å². The Kier molecular flexibility index (Phi) is 12.5. The molecule has 3 heterocycles. The maximum Gasteiger partial charge on any atom is 0.363 e. The van der Waals surface area contributed by atoms with Gasteiger partial charge in [0.1, 0.15) is 0 Å². The molecule has 1 amide bonds. The summed E-state index contributed by atoms with van der Waals surface area (Å²) >= 11 is 6.80. The number of H-pyrrole nitrogens is 1. The lowest BCUT2D eigenvalue weighted by Crippen LogP contribution is -2.58. The molecule has 0 aliphatic carbocycles. The molecule has 308 valence electrons. The fourth-order valence-corrected chi connectivity index (χ4v) is 10.3. The van der Waals surface area contributed by atoms with Gasteiger partial charge in [-0.2, -0.15) is 0 Å². The van der Waals surface area contributed by atoms with E-state index in [9.17, 15) is 18.9 Å². The molecule has 2 fully saturated rings. The molecule has 0 radical (unpaired) electrons. The first-order valence-corrected chi connectivity index (χ1v) is 22.7. The zero-order valence-corrected chi connectivity index (χ0v) is 34.9. The summed E-state index contributed by atoms with van der Waals surface area (Å²) in [6, 6.07) is 47.8. The van der Waals surface area contributed by atoms with Gasteiger partial charge in [0, 0.05) is 49.5 Å². The molecular weight excluding hydrogens is 797 g/mol. The maximum absolute atomic E-state index is 14.2. The minimum Gasteiger partial charge on any atom is -0.350 e. The highest BCUT2D eigenvalue weighted by Crippen LogP contribution is 2.57. The predicted molar refractivity (Wildman–Crippen MR) is 234 cm³/mol. The van der Waals surface area contributed by atoms with Crippen LogP contribution < -0.4 is 16.6 Å². The van der Waals surface area contributed by atoms with E-state index in [1.165, 1.54) is 10.8 Å². The average Bonchev–Trinajstić information content (AvgIpc) is 3.29. The number of amides is 1. The van der Waals surface area contributed by atoms with E-state index in [1.807, 2.05) is 103 Å². The van der Waals surface area contributed by atoms with E-state index in [2.05, 4.69) is 51.6 Å². The lowest BCUT2D eigenvalue weighted by molar-refractivity contribution is -0.148. The Morgan fingerprint density at radius 1 is 0.800 bits per heavy atom. The number of aryl methyl sites for hydroxylation is 1. The lowest BCUT2D eigenvalue weighted by Gasteiger charge is -2.50. The van der Waals surface area contributed by atoms with Crippen molar-refractivity contribution in [2.75, 3.05) is 32.8 Å². The summed E-state index contributed by atoms with van der Waals surface area (Å²) in [4.78, 5) is 43.9. The van der Waals surface area contributed by atoms with Crippen molar-refractivity contribution in [2.45, 2.75) is 43.7 Å². The van der Waals surface area contributed by atoms with E-state index < -0.39 is 36.0 Å². The van der Waals surface area contributed by atoms with Gasteiger partial charge in [-0.05, 0) is 71.0 Å². The number of aromatic amines is 1. The molecule has 60 heavy (non-hydrogen) atoms. The molecule has 3 atom stereocenters. The van der Waals surface area contributed by atoms with E-state index in [-0.39, 0.29) is 25.1 Å². The third-order valence-electron chi connectivity index (χ3n) is 11.5. The SMILES string of the molecule is Cc1cn(C2CN(C(c3ccccc3)(c3ccccc3)c3ccccc3)CC(COP(=O)(Cl)N3CCC(NC(=O)c4cccc(-c5ccccc5)c4)CC3)O2)c(=O)[nH]c1=O. The molecule has 8 rings (SSSR count). The van der Waals surface area contributed by atoms with Crippen LogP contribution in [0.4, 0.5) is 0 Å². The fraction of sp³-hybridized carbons (Fsp3) is 0.255. The second kappa shape index (κ2) is 18.1. The van der Waals surface area contributed by atoms with Crippen molar-refractivity contribution in [1.82, 2.24) is 24.4 Å². The van der Waals surface area contributed by atoms with Crippen LogP contribution in [0, 0.1) is 6.92 Å². The van der Waals surface area contributed by atoms with Gasteiger partial charge < -0.3 is 14.6 Å². The number of benzene rings is 5. The van der Waals surface area contributed by atoms with Gasteiger partial charge >= 0.3 is 12.6 Å². The third-order valence-corrected chi connectivity index (χ3v) is 13.9. The zero-order chi connectivity index (χ0) is 41.7. The van der Waals surface area contributed by atoms with Gasteiger partial charge in [-0.1, -0.05) is 133 Å². The molecule has 5 aromatic carbocycles. The summed E-state index contributed by atoms with van der Waals surface area (Å²) in [5, 5.41) is 3.15. The molecule has 3 unspecified atom stereocenters. The molecule has 13 heteroatoms. The highest BCUT2D eigenvalue weighted by atomic mass is 35.7. The van der Waals surface area contributed by atoms with Gasteiger partial charge in [0.05, 0.1) is 18.2 Å². The molecule has 0 saturated carbocycles. The Morgan fingerprint density at radius 2 is 1.35 bits per heavy atom. The summed E-state index contributed by atoms with van der Waals surface area (Å²) < 4.78 is 30.0. The molecule has 11 nitrogen and oxygen atoms in total. The summed E-state index contributed by atoms with van der Waals surface area (Å²) in [5.41, 5.74) is 3.95. The fourth-order valence-electron chi connectivity index (χ4n) is 8.47. The predicted octanol–water partition coefficient (Wildman–Crippen LogP) is 7.96. The van der Waals surface area contributed by atoms with Crippen LogP contribution in [-0.4, -0.2) is 70.0 Å². The topological polar surface area (TPSA) is 126 Å². The number of halogens is 1. The lowest BCUT2D eigenvalue weighted by atomic mass is 9.75. The first kappa shape index (κ1) is 41.3. The van der Waals surface area contributed by atoms with Crippen molar-refractivity contribution in [3.8, 4) is 11.1 Å². The number of ether oxygens (including phenoxy) is 1. The van der Waals surface area contributed by atoms with E-state index in [0.29, 0.717) is 43.6 Å². The van der Waals surface area contributed by atoms with Crippen LogP contribution in [0.3, 0.4) is 0 Å². The van der Waals surface area contributed by atoms with Crippen molar-refractivity contribution in [3.63, 3.8) is 0 Å². The quantitative estimate of drug-likeness (QED) is 0.0940. The summed E-state index contributed by atoms with van der Waals surface area (Å²) in [5.74, 6) is -0.167. The average molecular weight is 844 g/mol. The Morgan fingerprint density at radius 3 is 1.93 bits per heavy atom. The second-order valence-corrected chi connectivity index (χ2v) is 18.3. The first-order valence-electron chi connectivity index (χ1n) is 20.2. The van der Waals surface area contributed by atoms with Gasteiger partial charge in [0.15, 0.2) is 6.23 Å². The van der Waals surface area contributed by atoms with E-state index in [1.54, 1.807) is 17.7 Å². The van der Waals surface area contributed by atoms with Gasteiger partial charge in [0.2, 0.25) is 0 Å². The minimum absolute atomic E-state index is 0.136. The number of hydrogen-bond acceptors (Lipinski definition) is 7. The number of piperidine rings is 1.